The molecule has 1 aromatic heterocycles. The number of benzene rings is 2. The molecule has 0 radical (unpaired) electrons. The van der Waals surface area contributed by atoms with Gasteiger partial charge in [0.15, 0.2) is 0 Å². The fraction of sp³-hybridized carbons (Fsp3) is 0.385. The van der Waals surface area contributed by atoms with Crippen molar-refractivity contribution in [2.24, 2.45) is 5.41 Å². The lowest BCUT2D eigenvalue weighted by Gasteiger charge is -2.34. The standard InChI is InChI=1S/C26H31N5O3/c1-26(2,3)23(25(34)30-15-18(32)14-22(30)24(33)27-4)31-16-21(28-29-31)20-13-9-8-12-19(20)17-10-6-5-7-11-17/h5-13,16,18,22-23,32H,14-15H2,1-4H3,(H,27,33)/t18?,22?,23-/m1/s1. The summed E-state index contributed by atoms with van der Waals surface area (Å²) in [5.74, 6) is -0.543. The Balaban J connectivity index is 1.71. The van der Waals surface area contributed by atoms with Crippen molar-refractivity contribution in [3.05, 3.63) is 60.8 Å². The second-order valence-corrected chi connectivity index (χ2v) is 9.77. The predicted octanol–water partition coefficient (Wildman–Crippen LogP) is 2.91. The van der Waals surface area contributed by atoms with Crippen molar-refractivity contribution in [1.82, 2.24) is 25.2 Å². The number of aliphatic hydroxyl groups excluding tert-OH is 1. The number of hydrogen-bond acceptors (Lipinski definition) is 5. The minimum atomic E-state index is -0.740. The van der Waals surface area contributed by atoms with Gasteiger partial charge in [0.2, 0.25) is 11.8 Å². The average Bonchev–Trinajstić information content (AvgIpc) is 3.45. The van der Waals surface area contributed by atoms with Gasteiger partial charge in [-0.05, 0) is 16.5 Å². The van der Waals surface area contributed by atoms with Gasteiger partial charge in [-0.25, -0.2) is 4.68 Å². The number of rotatable bonds is 5. The number of likely N-dealkylation sites (tertiary alicyclic amines) is 1. The van der Waals surface area contributed by atoms with Crippen LogP contribution < -0.4 is 5.32 Å². The third-order valence-electron chi connectivity index (χ3n) is 6.23. The van der Waals surface area contributed by atoms with Crippen LogP contribution in [0.1, 0.15) is 33.2 Å². The first-order valence-electron chi connectivity index (χ1n) is 11.5. The summed E-state index contributed by atoms with van der Waals surface area (Å²) >= 11 is 0. The molecule has 0 bridgehead atoms. The molecule has 1 fully saturated rings. The smallest absolute Gasteiger partial charge is 0.248 e. The van der Waals surface area contributed by atoms with Gasteiger partial charge in [0.1, 0.15) is 17.8 Å². The molecule has 0 saturated carbocycles. The summed E-state index contributed by atoms with van der Waals surface area (Å²) < 4.78 is 1.59. The van der Waals surface area contributed by atoms with Crippen molar-refractivity contribution in [1.29, 1.82) is 0 Å². The second-order valence-electron chi connectivity index (χ2n) is 9.77. The Morgan fingerprint density at radius 3 is 2.35 bits per heavy atom. The van der Waals surface area contributed by atoms with Crippen molar-refractivity contribution in [3.8, 4) is 22.4 Å². The average molecular weight is 462 g/mol. The molecule has 2 unspecified atom stereocenters. The molecule has 4 rings (SSSR count). The summed E-state index contributed by atoms with van der Waals surface area (Å²) in [5, 5.41) is 21.6. The van der Waals surface area contributed by atoms with Gasteiger partial charge < -0.3 is 15.3 Å². The quantitative estimate of drug-likeness (QED) is 0.609. The largest absolute Gasteiger partial charge is 0.391 e. The van der Waals surface area contributed by atoms with E-state index in [1.54, 1.807) is 10.9 Å². The van der Waals surface area contributed by atoms with Crippen molar-refractivity contribution in [2.75, 3.05) is 13.6 Å². The number of carbonyl (C=O) groups is 2. The van der Waals surface area contributed by atoms with Crippen molar-refractivity contribution in [3.63, 3.8) is 0 Å². The van der Waals surface area contributed by atoms with Crippen LogP contribution in [0.2, 0.25) is 0 Å². The Morgan fingerprint density at radius 1 is 1.06 bits per heavy atom. The molecule has 2 amide bonds. The molecule has 8 nitrogen and oxygen atoms in total. The maximum absolute atomic E-state index is 13.7. The third kappa shape index (κ3) is 4.59. The lowest BCUT2D eigenvalue weighted by Crippen LogP contribution is -2.49. The van der Waals surface area contributed by atoms with E-state index in [-0.39, 0.29) is 24.8 Å². The molecule has 1 aliphatic rings. The number of carbonyl (C=O) groups excluding carboxylic acids is 2. The van der Waals surface area contributed by atoms with Crippen LogP contribution in [0.15, 0.2) is 60.8 Å². The molecule has 0 aliphatic carbocycles. The minimum Gasteiger partial charge on any atom is -0.391 e. The number of nitrogens with zero attached hydrogens (tertiary/aromatic N) is 4. The van der Waals surface area contributed by atoms with Gasteiger partial charge in [0.05, 0.1) is 12.3 Å². The highest BCUT2D eigenvalue weighted by Crippen LogP contribution is 2.36. The van der Waals surface area contributed by atoms with Crippen LogP contribution in [-0.2, 0) is 9.59 Å². The van der Waals surface area contributed by atoms with E-state index in [9.17, 15) is 14.7 Å². The Hall–Kier alpha value is -3.52. The van der Waals surface area contributed by atoms with Gasteiger partial charge >= 0.3 is 0 Å². The van der Waals surface area contributed by atoms with Crippen LogP contribution in [-0.4, -0.2) is 62.6 Å². The molecule has 0 spiro atoms. The van der Waals surface area contributed by atoms with E-state index in [2.05, 4.69) is 15.6 Å². The van der Waals surface area contributed by atoms with Gasteiger partial charge in [-0.1, -0.05) is 80.6 Å². The van der Waals surface area contributed by atoms with Crippen molar-refractivity contribution < 1.29 is 14.7 Å². The zero-order chi connectivity index (χ0) is 24.5. The number of likely N-dealkylation sites (N-methyl/N-ethyl adjacent to an activating group) is 1. The van der Waals surface area contributed by atoms with Crippen LogP contribution in [0.5, 0.6) is 0 Å². The van der Waals surface area contributed by atoms with Crippen molar-refractivity contribution >= 4 is 11.8 Å². The summed E-state index contributed by atoms with van der Waals surface area (Å²) in [5.41, 5.74) is 3.15. The maximum Gasteiger partial charge on any atom is 0.248 e. The topological polar surface area (TPSA) is 100 Å². The summed E-state index contributed by atoms with van der Waals surface area (Å²) in [6, 6.07) is 16.6. The first kappa shape index (κ1) is 23.6. The van der Waals surface area contributed by atoms with Gasteiger partial charge in [-0.2, -0.15) is 0 Å². The Bertz CT molecular complexity index is 1170. The lowest BCUT2D eigenvalue weighted by molar-refractivity contribution is -0.144. The Kier molecular flexibility index (Phi) is 6.52. The molecule has 8 heteroatoms. The highest BCUT2D eigenvalue weighted by atomic mass is 16.3. The molecule has 34 heavy (non-hydrogen) atoms. The molecule has 2 N–H and O–H groups in total. The molecule has 178 valence electrons. The molecule has 1 aliphatic heterocycles. The number of amides is 2. The zero-order valence-corrected chi connectivity index (χ0v) is 20.0. The summed E-state index contributed by atoms with van der Waals surface area (Å²) in [7, 11) is 1.53. The zero-order valence-electron chi connectivity index (χ0n) is 20.0. The van der Waals surface area contributed by atoms with E-state index in [1.165, 1.54) is 11.9 Å². The highest BCUT2D eigenvalue weighted by molar-refractivity contribution is 5.90. The fourth-order valence-electron chi connectivity index (χ4n) is 4.61. The van der Waals surface area contributed by atoms with E-state index < -0.39 is 23.6 Å². The first-order chi connectivity index (χ1) is 16.2. The number of β-amino-alcohol motifs (C(OH)–C–C–N with tert-alkyl or cyclic N) is 1. The number of aliphatic hydroxyl groups is 1. The van der Waals surface area contributed by atoms with Crippen LogP contribution in [0.3, 0.4) is 0 Å². The normalized spacial score (nSPS) is 19.1. The van der Waals surface area contributed by atoms with E-state index in [4.69, 9.17) is 0 Å². The van der Waals surface area contributed by atoms with Gasteiger partial charge in [0.25, 0.3) is 0 Å². The van der Waals surface area contributed by atoms with Gasteiger partial charge in [-0.15, -0.1) is 5.10 Å². The fourth-order valence-corrected chi connectivity index (χ4v) is 4.61. The SMILES string of the molecule is CNC(=O)C1CC(O)CN1C(=O)[C@@H](n1cc(-c2ccccc2-c2ccccc2)nn1)C(C)(C)C. The van der Waals surface area contributed by atoms with Crippen LogP contribution >= 0.6 is 0 Å². The van der Waals surface area contributed by atoms with E-state index in [0.29, 0.717) is 5.69 Å². The van der Waals surface area contributed by atoms with E-state index in [1.807, 2.05) is 75.4 Å². The Labute approximate surface area is 199 Å². The second kappa shape index (κ2) is 9.38. The summed E-state index contributed by atoms with van der Waals surface area (Å²) in [6.07, 6.45) is 1.27. The minimum absolute atomic E-state index is 0.113. The molecular formula is C26H31N5O3. The molecular weight excluding hydrogens is 430 g/mol. The predicted molar refractivity (Wildman–Crippen MR) is 130 cm³/mol. The summed E-state index contributed by atoms with van der Waals surface area (Å²) in [4.78, 5) is 27.6. The molecule has 2 heterocycles. The molecule has 2 aromatic carbocycles. The lowest BCUT2D eigenvalue weighted by atomic mass is 9.85. The number of aromatic nitrogens is 3. The molecule has 3 aromatic rings. The molecule has 1 saturated heterocycles. The highest BCUT2D eigenvalue weighted by Gasteiger charge is 2.45. The van der Waals surface area contributed by atoms with Gasteiger partial charge in [0, 0.05) is 25.6 Å². The molecule has 3 atom stereocenters. The maximum atomic E-state index is 13.7. The van der Waals surface area contributed by atoms with E-state index >= 15 is 0 Å². The number of nitrogens with one attached hydrogen (secondary N) is 1. The van der Waals surface area contributed by atoms with E-state index in [0.717, 1.165) is 16.7 Å². The van der Waals surface area contributed by atoms with Crippen molar-refractivity contribution in [2.45, 2.75) is 45.4 Å². The Morgan fingerprint density at radius 2 is 1.71 bits per heavy atom. The first-order valence-corrected chi connectivity index (χ1v) is 11.5. The van der Waals surface area contributed by atoms with Crippen LogP contribution in [0, 0.1) is 5.41 Å². The van der Waals surface area contributed by atoms with Crippen LogP contribution in [0.25, 0.3) is 22.4 Å². The monoisotopic (exact) mass is 461 g/mol. The van der Waals surface area contributed by atoms with Crippen LogP contribution in [0.4, 0.5) is 0 Å². The van der Waals surface area contributed by atoms with Gasteiger partial charge in [-0.3, -0.25) is 9.59 Å². The third-order valence-corrected chi connectivity index (χ3v) is 6.23. The summed E-state index contributed by atoms with van der Waals surface area (Å²) in [6.45, 7) is 5.98. The number of hydrogen-bond donors (Lipinski definition) is 2.